The van der Waals surface area contributed by atoms with Gasteiger partial charge in [-0.25, -0.2) is 0 Å². The molecule has 128 valence electrons. The van der Waals surface area contributed by atoms with Crippen molar-refractivity contribution in [2.45, 2.75) is 39.9 Å². The van der Waals surface area contributed by atoms with Gasteiger partial charge in [0.2, 0.25) is 0 Å². The Morgan fingerprint density at radius 1 is 1.12 bits per heavy atom. The highest BCUT2D eigenvalue weighted by Gasteiger charge is 2.35. The molecule has 2 rings (SSSR count). The predicted molar refractivity (Wildman–Crippen MR) is 95.0 cm³/mol. The van der Waals surface area contributed by atoms with Crippen LogP contribution < -0.4 is 10.5 Å². The average molecular weight is 327 g/mol. The number of rotatable bonds is 6. The van der Waals surface area contributed by atoms with Gasteiger partial charge < -0.3 is 15.2 Å². The summed E-state index contributed by atoms with van der Waals surface area (Å²) in [5, 5.41) is 0. The lowest BCUT2D eigenvalue weighted by atomic mass is 9.90. The van der Waals surface area contributed by atoms with E-state index in [-0.39, 0.29) is 0 Å². The molecule has 1 amide bonds. The van der Waals surface area contributed by atoms with Crippen LogP contribution in [-0.2, 0) is 21.7 Å². The first kappa shape index (κ1) is 18.0. The van der Waals surface area contributed by atoms with Crippen molar-refractivity contribution in [3.05, 3.63) is 64.2 Å². The third-order valence-corrected chi connectivity index (χ3v) is 4.39. The first-order valence-corrected chi connectivity index (χ1v) is 7.93. The summed E-state index contributed by atoms with van der Waals surface area (Å²) in [6.07, 6.45) is 0. The third-order valence-electron chi connectivity index (χ3n) is 4.39. The Hall–Kier alpha value is -2.33. The van der Waals surface area contributed by atoms with Crippen LogP contribution in [0.5, 0.6) is 5.75 Å². The number of primary amides is 1. The van der Waals surface area contributed by atoms with Crippen LogP contribution in [0.1, 0.15) is 34.7 Å². The molecule has 0 aliphatic rings. The lowest BCUT2D eigenvalue weighted by Crippen LogP contribution is -2.41. The molecule has 0 saturated carbocycles. The molecular weight excluding hydrogens is 302 g/mol. The van der Waals surface area contributed by atoms with Crippen molar-refractivity contribution in [2.24, 2.45) is 5.73 Å². The van der Waals surface area contributed by atoms with Gasteiger partial charge in [-0.1, -0.05) is 42.0 Å². The van der Waals surface area contributed by atoms with Crippen molar-refractivity contribution in [1.82, 2.24) is 0 Å². The lowest BCUT2D eigenvalue weighted by molar-refractivity contribution is -0.139. The highest BCUT2D eigenvalue weighted by atomic mass is 16.5. The Balaban J connectivity index is 2.34. The van der Waals surface area contributed by atoms with Crippen molar-refractivity contribution in [3.63, 3.8) is 0 Å². The number of amides is 1. The molecule has 1 unspecified atom stereocenters. The molecule has 0 saturated heterocycles. The van der Waals surface area contributed by atoms with Crippen LogP contribution in [0.2, 0.25) is 0 Å². The highest BCUT2D eigenvalue weighted by Crippen LogP contribution is 2.30. The van der Waals surface area contributed by atoms with Crippen LogP contribution in [0.15, 0.2) is 36.4 Å². The van der Waals surface area contributed by atoms with Gasteiger partial charge in [-0.05, 0) is 49.9 Å². The molecule has 0 aliphatic heterocycles. The Morgan fingerprint density at radius 3 is 2.25 bits per heavy atom. The molecule has 0 fully saturated rings. The van der Waals surface area contributed by atoms with Gasteiger partial charge in [0.05, 0.1) is 0 Å². The maximum absolute atomic E-state index is 11.9. The Bertz CT molecular complexity index is 731. The van der Waals surface area contributed by atoms with Gasteiger partial charge in [-0.2, -0.15) is 0 Å². The molecule has 2 N–H and O–H groups in total. The number of nitrogens with two attached hydrogens (primary N) is 1. The van der Waals surface area contributed by atoms with Crippen LogP contribution in [0, 0.1) is 20.8 Å². The van der Waals surface area contributed by atoms with Gasteiger partial charge in [0.15, 0.2) is 5.60 Å². The number of hydrogen-bond donors (Lipinski definition) is 1. The number of carbonyl (C=O) groups is 1. The zero-order valence-corrected chi connectivity index (χ0v) is 15.0. The van der Waals surface area contributed by atoms with Gasteiger partial charge in [0, 0.05) is 7.11 Å². The maximum Gasteiger partial charge on any atom is 0.254 e. The first-order chi connectivity index (χ1) is 11.3. The minimum Gasteiger partial charge on any atom is -0.488 e. The molecule has 4 nitrogen and oxygen atoms in total. The van der Waals surface area contributed by atoms with Gasteiger partial charge in [0.1, 0.15) is 12.4 Å². The quantitative estimate of drug-likeness (QED) is 0.883. The Kier molecular flexibility index (Phi) is 5.30. The number of carbonyl (C=O) groups excluding carboxylic acids is 1. The number of ether oxygens (including phenoxy) is 2. The van der Waals surface area contributed by atoms with E-state index in [2.05, 4.69) is 19.1 Å². The van der Waals surface area contributed by atoms with Crippen molar-refractivity contribution in [2.75, 3.05) is 7.11 Å². The van der Waals surface area contributed by atoms with Gasteiger partial charge in [0.25, 0.3) is 5.91 Å². The van der Waals surface area contributed by atoms with E-state index < -0.39 is 11.5 Å². The maximum atomic E-state index is 11.9. The lowest BCUT2D eigenvalue weighted by Gasteiger charge is -2.27. The summed E-state index contributed by atoms with van der Waals surface area (Å²) < 4.78 is 11.5. The van der Waals surface area contributed by atoms with E-state index in [9.17, 15) is 4.79 Å². The van der Waals surface area contributed by atoms with E-state index in [0.29, 0.717) is 6.61 Å². The number of aryl methyl sites for hydroxylation is 3. The number of hydrogen-bond acceptors (Lipinski definition) is 3. The van der Waals surface area contributed by atoms with E-state index >= 15 is 0 Å². The van der Waals surface area contributed by atoms with Crippen LogP contribution in [0.3, 0.4) is 0 Å². The molecule has 0 radical (unpaired) electrons. The van der Waals surface area contributed by atoms with Crippen molar-refractivity contribution in [1.29, 1.82) is 0 Å². The summed E-state index contributed by atoms with van der Waals surface area (Å²) in [5.74, 6) is 0.341. The molecule has 0 bridgehead atoms. The third kappa shape index (κ3) is 3.44. The topological polar surface area (TPSA) is 61.5 Å². The number of benzene rings is 2. The van der Waals surface area contributed by atoms with Crippen molar-refractivity contribution < 1.29 is 14.3 Å². The van der Waals surface area contributed by atoms with Gasteiger partial charge in [-0.3, -0.25) is 4.79 Å². The molecule has 4 heteroatoms. The minimum atomic E-state index is -1.18. The largest absolute Gasteiger partial charge is 0.488 e. The second kappa shape index (κ2) is 7.05. The highest BCUT2D eigenvalue weighted by molar-refractivity contribution is 5.85. The molecule has 24 heavy (non-hydrogen) atoms. The fourth-order valence-electron chi connectivity index (χ4n) is 3.00. The molecule has 2 aromatic rings. The predicted octanol–water partition coefficient (Wildman–Crippen LogP) is 3.54. The normalized spacial score (nSPS) is 13.4. The molecule has 2 aromatic carbocycles. The van der Waals surface area contributed by atoms with Gasteiger partial charge in [-0.15, -0.1) is 0 Å². The second-order valence-electron chi connectivity index (χ2n) is 6.28. The van der Waals surface area contributed by atoms with Crippen molar-refractivity contribution >= 4 is 5.91 Å². The summed E-state index contributed by atoms with van der Waals surface area (Å²) in [6.45, 7) is 8.15. The zero-order chi connectivity index (χ0) is 17.9. The molecule has 0 heterocycles. The summed E-state index contributed by atoms with van der Waals surface area (Å²) in [6, 6.07) is 11.7. The van der Waals surface area contributed by atoms with Crippen LogP contribution in [0.25, 0.3) is 0 Å². The van der Waals surface area contributed by atoms with E-state index in [4.69, 9.17) is 15.2 Å². The minimum absolute atomic E-state index is 0.340. The molecule has 0 aromatic heterocycles. The Morgan fingerprint density at radius 2 is 1.71 bits per heavy atom. The number of methoxy groups -OCH3 is 1. The first-order valence-electron chi connectivity index (χ1n) is 7.93. The summed E-state index contributed by atoms with van der Waals surface area (Å²) in [7, 11) is 1.48. The fourth-order valence-corrected chi connectivity index (χ4v) is 3.00. The van der Waals surface area contributed by atoms with Crippen LogP contribution in [0.4, 0.5) is 0 Å². The van der Waals surface area contributed by atoms with E-state index in [0.717, 1.165) is 28.0 Å². The smallest absolute Gasteiger partial charge is 0.254 e. The van der Waals surface area contributed by atoms with Crippen molar-refractivity contribution in [3.8, 4) is 5.75 Å². The Labute approximate surface area is 143 Å². The molecule has 1 atom stereocenters. The molecule has 0 spiro atoms. The van der Waals surface area contributed by atoms with E-state index in [1.54, 1.807) is 6.92 Å². The van der Waals surface area contributed by atoms with E-state index in [1.807, 2.05) is 38.1 Å². The molecular formula is C20H25NO3. The van der Waals surface area contributed by atoms with Crippen LogP contribution in [-0.4, -0.2) is 13.0 Å². The summed E-state index contributed by atoms with van der Waals surface area (Å²) >= 11 is 0. The summed E-state index contributed by atoms with van der Waals surface area (Å²) in [5.41, 5.74) is 9.36. The monoisotopic (exact) mass is 327 g/mol. The van der Waals surface area contributed by atoms with Gasteiger partial charge >= 0.3 is 0 Å². The second-order valence-corrected chi connectivity index (χ2v) is 6.28. The fraction of sp³-hybridized carbons (Fsp3) is 0.350. The molecule has 0 aliphatic carbocycles. The SMILES string of the molecule is COC(C)(C(N)=O)c1ccccc1COc1c(C)cc(C)cc1C. The zero-order valence-electron chi connectivity index (χ0n) is 15.0. The summed E-state index contributed by atoms with van der Waals surface area (Å²) in [4.78, 5) is 11.9. The van der Waals surface area contributed by atoms with Crippen LogP contribution >= 0.6 is 0 Å². The van der Waals surface area contributed by atoms with E-state index in [1.165, 1.54) is 12.7 Å². The standard InChI is InChI=1S/C20H25NO3/c1-13-10-14(2)18(15(3)11-13)24-12-16-8-6-7-9-17(16)20(4,23-5)19(21)22/h6-11H,12H2,1-5H3,(H2,21,22). The average Bonchev–Trinajstić information content (AvgIpc) is 2.53.